The van der Waals surface area contributed by atoms with Crippen molar-refractivity contribution in [3.63, 3.8) is 0 Å². The molecule has 0 heterocycles. The van der Waals surface area contributed by atoms with Crippen molar-refractivity contribution in [3.8, 4) is 11.8 Å². The minimum Gasteiger partial charge on any atom is -0.0802 e. The second kappa shape index (κ2) is 8.87. The topological polar surface area (TPSA) is 0 Å². The second-order valence-corrected chi connectivity index (χ2v) is 14.3. The summed E-state index contributed by atoms with van der Waals surface area (Å²) in [6.45, 7) is 4.58. The largest absolute Gasteiger partial charge is 0.108 e. The highest BCUT2D eigenvalue weighted by molar-refractivity contribution is 14.1. The van der Waals surface area contributed by atoms with Crippen molar-refractivity contribution in [1.29, 1.82) is 0 Å². The Morgan fingerprint density at radius 3 is 1.40 bits per heavy atom. The van der Waals surface area contributed by atoms with Crippen LogP contribution in [0, 0.1) is 29.3 Å². The van der Waals surface area contributed by atoms with Crippen LogP contribution in [0.4, 0.5) is 0 Å². The van der Waals surface area contributed by atoms with Crippen molar-refractivity contribution in [1.82, 2.24) is 0 Å². The lowest BCUT2D eigenvalue weighted by Gasteiger charge is -2.51. The number of hydrogen-bond donors (Lipinski definition) is 0. The standard InChI is InChI=1S/C44H29I/c1-26-22-23-27(2)41-38(26)40-30-14-5-9-19-35(30)43(41,36-20-10-6-15-31(36)40)24-25-44-33-17-7-3-12-28(33)39(29-13-4-8-18-34(29)44)32-16-11-21-37(45)42(32)44/h3-23,39-40H,1-2H3. The molecule has 0 aliphatic heterocycles. The van der Waals surface area contributed by atoms with Crippen molar-refractivity contribution < 1.29 is 0 Å². The smallest absolute Gasteiger partial charge is 0.0802 e. The van der Waals surface area contributed by atoms with Gasteiger partial charge in [0.1, 0.15) is 10.8 Å². The first-order valence-electron chi connectivity index (χ1n) is 15.9. The van der Waals surface area contributed by atoms with Gasteiger partial charge >= 0.3 is 0 Å². The van der Waals surface area contributed by atoms with Crippen molar-refractivity contribution in [2.45, 2.75) is 36.5 Å². The minimum atomic E-state index is -0.583. The van der Waals surface area contributed by atoms with Crippen LogP contribution in [-0.4, -0.2) is 0 Å². The van der Waals surface area contributed by atoms with Gasteiger partial charge in [0.05, 0.1) is 0 Å². The molecule has 6 aliphatic rings. The Balaban J connectivity index is 1.41. The van der Waals surface area contributed by atoms with Crippen LogP contribution in [0.15, 0.2) is 127 Å². The summed E-state index contributed by atoms with van der Waals surface area (Å²) in [5.74, 6) is 8.92. The maximum absolute atomic E-state index is 4.24. The number of halogens is 1. The summed E-state index contributed by atoms with van der Waals surface area (Å²) >= 11 is 2.57. The van der Waals surface area contributed by atoms with Crippen LogP contribution >= 0.6 is 22.6 Å². The zero-order chi connectivity index (χ0) is 30.1. The molecule has 1 heteroatoms. The number of hydrogen-bond acceptors (Lipinski definition) is 0. The molecule has 0 nitrogen and oxygen atoms in total. The predicted molar refractivity (Wildman–Crippen MR) is 190 cm³/mol. The van der Waals surface area contributed by atoms with Crippen molar-refractivity contribution in [2.24, 2.45) is 0 Å². The summed E-state index contributed by atoms with van der Waals surface area (Å²) < 4.78 is 1.28. The molecule has 0 radical (unpaired) electrons. The Labute approximate surface area is 278 Å². The van der Waals surface area contributed by atoms with Gasteiger partial charge in [0.2, 0.25) is 0 Å². The third-order valence-electron chi connectivity index (χ3n) is 11.2. The Morgan fingerprint density at radius 1 is 0.444 bits per heavy atom. The first-order chi connectivity index (χ1) is 22.1. The fraction of sp³-hybridized carbons (Fsp3) is 0.136. The fourth-order valence-electron chi connectivity index (χ4n) is 9.63. The first kappa shape index (κ1) is 25.9. The van der Waals surface area contributed by atoms with Crippen LogP contribution < -0.4 is 0 Å². The molecule has 6 aromatic rings. The van der Waals surface area contributed by atoms with Gasteiger partial charge in [0, 0.05) is 15.4 Å². The van der Waals surface area contributed by atoms with Gasteiger partial charge in [-0.1, -0.05) is 133 Å². The molecule has 0 spiro atoms. The monoisotopic (exact) mass is 684 g/mol. The van der Waals surface area contributed by atoms with Gasteiger partial charge in [-0.05, 0) is 120 Å². The molecule has 0 unspecified atom stereocenters. The van der Waals surface area contributed by atoms with Gasteiger partial charge in [-0.2, -0.15) is 0 Å². The SMILES string of the molecule is Cc1ccc(C)c2c1C1c3ccccc3C2(C#CC23c4ccccc4C(c4ccccc42)c2cccc(I)c23)c2ccccc21. The molecule has 45 heavy (non-hydrogen) atoms. The van der Waals surface area contributed by atoms with Gasteiger partial charge < -0.3 is 0 Å². The molecule has 6 aliphatic carbocycles. The van der Waals surface area contributed by atoms with Crippen molar-refractivity contribution in [2.75, 3.05) is 0 Å². The van der Waals surface area contributed by atoms with E-state index >= 15 is 0 Å². The van der Waals surface area contributed by atoms with E-state index in [2.05, 4.69) is 176 Å². The van der Waals surface area contributed by atoms with Crippen molar-refractivity contribution >= 4 is 22.6 Å². The lowest BCUT2D eigenvalue weighted by atomic mass is 9.50. The van der Waals surface area contributed by atoms with Crippen LogP contribution in [-0.2, 0) is 10.8 Å². The normalized spacial score (nSPS) is 23.4. The van der Waals surface area contributed by atoms with E-state index in [0.717, 1.165) is 0 Å². The quantitative estimate of drug-likeness (QED) is 0.110. The highest BCUT2D eigenvalue weighted by atomic mass is 127. The van der Waals surface area contributed by atoms with Gasteiger partial charge in [-0.15, -0.1) is 0 Å². The van der Waals surface area contributed by atoms with E-state index < -0.39 is 10.8 Å². The molecule has 0 amide bonds. The van der Waals surface area contributed by atoms with Gasteiger partial charge in [0.25, 0.3) is 0 Å². The second-order valence-electron chi connectivity index (χ2n) is 13.2. The lowest BCUT2D eigenvalue weighted by molar-refractivity contribution is 0.642. The molecule has 4 bridgehead atoms. The third kappa shape index (κ3) is 2.96. The molecule has 12 rings (SSSR count). The average molecular weight is 685 g/mol. The molecule has 0 aromatic heterocycles. The van der Waals surface area contributed by atoms with E-state index in [-0.39, 0.29) is 11.8 Å². The Hall–Kier alpha value is -4.39. The molecule has 212 valence electrons. The van der Waals surface area contributed by atoms with Gasteiger partial charge in [-0.25, -0.2) is 0 Å². The van der Waals surface area contributed by atoms with Gasteiger partial charge in [-0.3, -0.25) is 0 Å². The first-order valence-corrected chi connectivity index (χ1v) is 17.0. The van der Waals surface area contributed by atoms with Crippen LogP contribution in [0.3, 0.4) is 0 Å². The zero-order valence-corrected chi connectivity index (χ0v) is 27.3. The summed E-state index contributed by atoms with van der Waals surface area (Å²) in [5.41, 5.74) is 18.0. The Morgan fingerprint density at radius 2 is 0.867 bits per heavy atom. The maximum atomic E-state index is 4.24. The molecule has 6 aromatic carbocycles. The summed E-state index contributed by atoms with van der Waals surface area (Å²) in [6.07, 6.45) is 0. The summed E-state index contributed by atoms with van der Waals surface area (Å²) in [4.78, 5) is 0. The van der Waals surface area contributed by atoms with E-state index in [1.54, 1.807) is 0 Å². The van der Waals surface area contributed by atoms with Crippen molar-refractivity contribution in [3.05, 3.63) is 209 Å². The Kier molecular flexibility index (Phi) is 5.10. The number of rotatable bonds is 0. The molecule has 0 atom stereocenters. The van der Waals surface area contributed by atoms with E-state index in [9.17, 15) is 0 Å². The molecule has 0 saturated heterocycles. The molecular weight excluding hydrogens is 655 g/mol. The average Bonchev–Trinajstić information content (AvgIpc) is 3.09. The Bertz CT molecular complexity index is 2250. The summed E-state index contributed by atoms with van der Waals surface area (Å²) in [5, 5.41) is 0. The van der Waals surface area contributed by atoms with E-state index in [1.165, 1.54) is 81.5 Å². The highest BCUT2D eigenvalue weighted by Gasteiger charge is 2.55. The third-order valence-corrected chi connectivity index (χ3v) is 12.1. The van der Waals surface area contributed by atoms with Crippen LogP contribution in [0.25, 0.3) is 0 Å². The summed E-state index contributed by atoms with van der Waals surface area (Å²) in [7, 11) is 0. The van der Waals surface area contributed by atoms with E-state index in [0.29, 0.717) is 0 Å². The number of aryl methyl sites for hydroxylation is 2. The predicted octanol–water partition coefficient (Wildman–Crippen LogP) is 9.89. The van der Waals surface area contributed by atoms with Gasteiger partial charge in [0.15, 0.2) is 0 Å². The van der Waals surface area contributed by atoms with E-state index in [1.807, 2.05) is 0 Å². The minimum absolute atomic E-state index is 0.223. The van der Waals surface area contributed by atoms with Crippen LogP contribution in [0.5, 0.6) is 0 Å². The van der Waals surface area contributed by atoms with Crippen LogP contribution in [0.1, 0.15) is 89.7 Å². The molecular formula is C44H29I. The zero-order valence-electron chi connectivity index (χ0n) is 25.2. The van der Waals surface area contributed by atoms with E-state index in [4.69, 9.17) is 0 Å². The van der Waals surface area contributed by atoms with Crippen LogP contribution in [0.2, 0.25) is 0 Å². The lowest BCUT2D eigenvalue weighted by Crippen LogP contribution is -2.44. The molecule has 0 N–H and O–H groups in total. The molecule has 0 saturated carbocycles. The summed E-state index contributed by atoms with van der Waals surface area (Å²) in [6, 6.07) is 47.9. The highest BCUT2D eigenvalue weighted by Crippen LogP contribution is 2.62. The number of benzene rings is 6. The maximum Gasteiger partial charge on any atom is 0.108 e. The molecule has 0 fully saturated rings. The fourth-order valence-corrected chi connectivity index (χ4v) is 10.6.